The molecule has 2 rings (SSSR count). The van der Waals surface area contributed by atoms with Crippen LogP contribution in [0, 0.1) is 0 Å². The molecule has 0 unspecified atom stereocenters. The minimum Gasteiger partial charge on any atom is -0.343 e. The summed E-state index contributed by atoms with van der Waals surface area (Å²) in [6.07, 6.45) is 4.38. The molecular formula is C9H18N2O2Pt+2. The van der Waals surface area contributed by atoms with E-state index >= 15 is 0 Å². The molecule has 1 spiro atoms. The summed E-state index contributed by atoms with van der Waals surface area (Å²) in [6, 6.07) is 0. The fourth-order valence-electron chi connectivity index (χ4n) is 2.28. The van der Waals surface area contributed by atoms with Crippen LogP contribution in [-0.2, 0) is 30.5 Å². The van der Waals surface area contributed by atoms with Crippen molar-refractivity contribution in [1.82, 2.24) is 0 Å². The zero-order valence-electron chi connectivity index (χ0n) is 8.18. The van der Waals surface area contributed by atoms with E-state index in [1.165, 1.54) is 12.8 Å². The summed E-state index contributed by atoms with van der Waals surface area (Å²) >= 11 is 0. The van der Waals surface area contributed by atoms with Crippen LogP contribution < -0.4 is 11.5 Å². The summed E-state index contributed by atoms with van der Waals surface area (Å²) in [5, 5.41) is 0. The van der Waals surface area contributed by atoms with Gasteiger partial charge in [-0.15, -0.1) is 0 Å². The van der Waals surface area contributed by atoms with Gasteiger partial charge in [-0.3, -0.25) is 0 Å². The second kappa shape index (κ2) is 5.04. The molecule has 0 radical (unpaired) electrons. The molecule has 14 heavy (non-hydrogen) atoms. The molecule has 84 valence electrons. The molecule has 1 saturated heterocycles. The molecule has 2 atom stereocenters. The van der Waals surface area contributed by atoms with Crippen molar-refractivity contribution in [1.29, 1.82) is 0 Å². The predicted molar refractivity (Wildman–Crippen MR) is 49.1 cm³/mol. The van der Waals surface area contributed by atoms with Gasteiger partial charge in [0, 0.05) is 25.9 Å². The molecular weight excluding hydrogens is 363 g/mol. The monoisotopic (exact) mass is 381 g/mol. The van der Waals surface area contributed by atoms with Gasteiger partial charge < -0.3 is 20.9 Å². The summed E-state index contributed by atoms with van der Waals surface area (Å²) in [5.41, 5.74) is 11.2. The maximum Gasteiger partial charge on any atom is 2.00 e. The van der Waals surface area contributed by atoms with E-state index in [-0.39, 0.29) is 39.1 Å². The minimum absolute atomic E-state index is 0. The smallest absolute Gasteiger partial charge is 0.343 e. The van der Waals surface area contributed by atoms with E-state index in [2.05, 4.69) is 0 Å². The third-order valence-electron chi connectivity index (χ3n) is 2.98. The van der Waals surface area contributed by atoms with E-state index in [1.54, 1.807) is 0 Å². The van der Waals surface area contributed by atoms with E-state index in [9.17, 15) is 0 Å². The van der Waals surface area contributed by atoms with Crippen LogP contribution in [0.15, 0.2) is 0 Å². The first-order valence-electron chi connectivity index (χ1n) is 5.05. The van der Waals surface area contributed by atoms with Gasteiger partial charge in [0.15, 0.2) is 5.79 Å². The predicted octanol–water partition coefficient (Wildman–Crippen LogP) is -0.0444. The van der Waals surface area contributed by atoms with Crippen LogP contribution in [0.3, 0.4) is 0 Å². The Morgan fingerprint density at radius 3 is 1.79 bits per heavy atom. The van der Waals surface area contributed by atoms with Gasteiger partial charge in [0.1, 0.15) is 12.2 Å². The standard InChI is InChI=1S/C9H18N2O2.Pt/c10-5-7-8(6-11)13-9(12-7)3-1-2-4-9;/h7-8H,1-6,10-11H2;/q;+2/t7-,8-;/m1./s1. The van der Waals surface area contributed by atoms with Gasteiger partial charge in [-0.1, -0.05) is 0 Å². The van der Waals surface area contributed by atoms with Crippen molar-refractivity contribution in [3.8, 4) is 0 Å². The van der Waals surface area contributed by atoms with E-state index in [0.29, 0.717) is 13.1 Å². The Morgan fingerprint density at radius 1 is 1.00 bits per heavy atom. The zero-order chi connectivity index (χ0) is 9.31. The molecule has 0 amide bonds. The molecule has 1 aliphatic carbocycles. The first kappa shape index (κ1) is 12.6. The van der Waals surface area contributed by atoms with Gasteiger partial charge in [0.25, 0.3) is 0 Å². The van der Waals surface area contributed by atoms with E-state index in [1.807, 2.05) is 0 Å². The van der Waals surface area contributed by atoms with Gasteiger partial charge in [0.2, 0.25) is 0 Å². The van der Waals surface area contributed by atoms with Crippen LogP contribution in [0.25, 0.3) is 0 Å². The van der Waals surface area contributed by atoms with Crippen LogP contribution in [-0.4, -0.2) is 31.1 Å². The molecule has 0 bridgehead atoms. The normalized spacial score (nSPS) is 34.7. The van der Waals surface area contributed by atoms with Crippen molar-refractivity contribution in [2.45, 2.75) is 43.7 Å². The molecule has 4 nitrogen and oxygen atoms in total. The molecule has 1 heterocycles. The SMILES string of the molecule is NC[C@H]1OC2(CCCC2)O[C@@H]1CN.[Pt+2]. The van der Waals surface area contributed by atoms with E-state index in [4.69, 9.17) is 20.9 Å². The van der Waals surface area contributed by atoms with Crippen molar-refractivity contribution in [2.75, 3.05) is 13.1 Å². The first-order valence-corrected chi connectivity index (χ1v) is 5.05. The summed E-state index contributed by atoms with van der Waals surface area (Å²) in [5.74, 6) is -0.325. The fraction of sp³-hybridized carbons (Fsp3) is 1.00. The van der Waals surface area contributed by atoms with Crippen LogP contribution in [0.5, 0.6) is 0 Å². The Bertz CT molecular complexity index is 172. The van der Waals surface area contributed by atoms with E-state index < -0.39 is 0 Å². The number of nitrogens with two attached hydrogens (primary N) is 2. The summed E-state index contributed by atoms with van der Waals surface area (Å²) in [4.78, 5) is 0. The Balaban J connectivity index is 0.000000980. The first-order chi connectivity index (χ1) is 6.29. The van der Waals surface area contributed by atoms with Crippen molar-refractivity contribution in [3.05, 3.63) is 0 Å². The second-order valence-corrected chi connectivity index (χ2v) is 3.90. The molecule has 0 aromatic heterocycles. The molecule has 0 aromatic rings. The van der Waals surface area contributed by atoms with Crippen LogP contribution >= 0.6 is 0 Å². The summed E-state index contributed by atoms with van der Waals surface area (Å²) < 4.78 is 11.7. The second-order valence-electron chi connectivity index (χ2n) is 3.90. The van der Waals surface area contributed by atoms with Crippen molar-refractivity contribution in [3.63, 3.8) is 0 Å². The Labute approximate surface area is 98.9 Å². The Hall–Kier alpha value is 0.528. The average molecular weight is 381 g/mol. The van der Waals surface area contributed by atoms with Crippen LogP contribution in [0.1, 0.15) is 25.7 Å². The topological polar surface area (TPSA) is 70.5 Å². The third-order valence-corrected chi connectivity index (χ3v) is 2.98. The largest absolute Gasteiger partial charge is 2.00 e. The van der Waals surface area contributed by atoms with Crippen molar-refractivity contribution < 1.29 is 30.5 Å². The minimum atomic E-state index is -0.325. The number of hydrogen-bond acceptors (Lipinski definition) is 4. The molecule has 2 fully saturated rings. The van der Waals surface area contributed by atoms with Crippen LogP contribution in [0.2, 0.25) is 0 Å². The maximum atomic E-state index is 5.84. The molecule has 1 aliphatic heterocycles. The molecule has 0 aromatic carbocycles. The maximum absolute atomic E-state index is 5.84. The molecule has 5 heteroatoms. The third kappa shape index (κ3) is 2.20. The number of ether oxygens (including phenoxy) is 2. The van der Waals surface area contributed by atoms with Gasteiger partial charge >= 0.3 is 21.1 Å². The molecule has 1 saturated carbocycles. The summed E-state index contributed by atoms with van der Waals surface area (Å²) in [6.45, 7) is 1.01. The Kier molecular flexibility index (Phi) is 4.53. The Morgan fingerprint density at radius 2 is 1.43 bits per heavy atom. The van der Waals surface area contributed by atoms with E-state index in [0.717, 1.165) is 12.8 Å². The van der Waals surface area contributed by atoms with Gasteiger partial charge in [0.05, 0.1) is 0 Å². The van der Waals surface area contributed by atoms with Crippen molar-refractivity contribution >= 4 is 0 Å². The summed E-state index contributed by atoms with van der Waals surface area (Å²) in [7, 11) is 0. The van der Waals surface area contributed by atoms with Gasteiger partial charge in [-0.25, -0.2) is 0 Å². The molecule has 2 aliphatic rings. The number of rotatable bonds is 2. The fourth-order valence-corrected chi connectivity index (χ4v) is 2.28. The van der Waals surface area contributed by atoms with Gasteiger partial charge in [-0.2, -0.15) is 0 Å². The molecule has 4 N–H and O–H groups in total. The zero-order valence-corrected chi connectivity index (χ0v) is 10.5. The quantitative estimate of drug-likeness (QED) is 0.704. The van der Waals surface area contributed by atoms with Crippen molar-refractivity contribution in [2.24, 2.45) is 11.5 Å². The van der Waals surface area contributed by atoms with Crippen LogP contribution in [0.4, 0.5) is 0 Å². The number of hydrogen-bond donors (Lipinski definition) is 2. The average Bonchev–Trinajstić information content (AvgIpc) is 2.74. The van der Waals surface area contributed by atoms with Gasteiger partial charge in [-0.05, 0) is 12.8 Å².